The monoisotopic (exact) mass is 555 g/mol. The average Bonchev–Trinajstić information content (AvgIpc) is 2.76. The highest BCUT2D eigenvalue weighted by atomic mass is 35.5. The van der Waals surface area contributed by atoms with E-state index in [0.29, 0.717) is 37.1 Å². The second-order valence-electron chi connectivity index (χ2n) is 9.40. The largest absolute Gasteiger partial charge is 0.416 e. The molecule has 1 heterocycles. The number of carbonyl (C=O) groups is 1. The van der Waals surface area contributed by atoms with Crippen LogP contribution >= 0.6 is 12.4 Å². The minimum Gasteiger partial charge on any atom is -0.323 e. The van der Waals surface area contributed by atoms with Gasteiger partial charge >= 0.3 is 18.4 Å². The fraction of sp³-hybridized carbons (Fsp3) is 0.480. The minimum absolute atomic E-state index is 0. The summed E-state index contributed by atoms with van der Waals surface area (Å²) in [5, 5.41) is 0. The number of rotatable bonds is 4. The van der Waals surface area contributed by atoms with Crippen molar-refractivity contribution < 1.29 is 35.5 Å². The van der Waals surface area contributed by atoms with Gasteiger partial charge in [-0.05, 0) is 80.9 Å². The number of alkyl halides is 6. The minimum atomic E-state index is -4.97. The summed E-state index contributed by atoms with van der Waals surface area (Å²) in [4.78, 5) is 18.1. The fourth-order valence-corrected chi connectivity index (χ4v) is 4.62. The third-order valence-electron chi connectivity index (χ3n) is 6.54. The number of halogens is 8. The molecule has 0 unspecified atom stereocenters. The third kappa shape index (κ3) is 7.28. The van der Waals surface area contributed by atoms with Gasteiger partial charge in [0.25, 0.3) is 0 Å². The second kappa shape index (κ2) is 11.5. The number of aryl methyl sites for hydroxylation is 1. The summed E-state index contributed by atoms with van der Waals surface area (Å²) in [5.74, 6) is -0.420. The van der Waals surface area contributed by atoms with E-state index in [1.807, 2.05) is 19.0 Å². The Labute approximate surface area is 217 Å². The van der Waals surface area contributed by atoms with Crippen LogP contribution in [-0.4, -0.2) is 54.5 Å². The summed E-state index contributed by atoms with van der Waals surface area (Å²) in [6.07, 6.45) is -8.78. The summed E-state index contributed by atoms with van der Waals surface area (Å²) in [5.41, 5.74) is -1.76. The zero-order valence-corrected chi connectivity index (χ0v) is 21.6. The molecule has 2 aromatic carbocycles. The van der Waals surface area contributed by atoms with E-state index in [9.17, 15) is 35.5 Å². The number of benzene rings is 2. The Kier molecular flexibility index (Phi) is 9.51. The number of hydrogen-bond donors (Lipinski definition) is 0. The Hall–Kier alpha value is -2.53. The average molecular weight is 556 g/mol. The molecule has 2 aromatic rings. The van der Waals surface area contributed by atoms with Crippen LogP contribution in [0.5, 0.6) is 0 Å². The lowest BCUT2D eigenvalue weighted by atomic mass is 9.89. The molecule has 0 bridgehead atoms. The summed E-state index contributed by atoms with van der Waals surface area (Å²) >= 11 is 0. The maximum absolute atomic E-state index is 13.7. The van der Waals surface area contributed by atoms with Gasteiger partial charge in [0.15, 0.2) is 0 Å². The maximum atomic E-state index is 13.7. The lowest BCUT2D eigenvalue weighted by Crippen LogP contribution is -2.50. The van der Waals surface area contributed by atoms with Crippen molar-refractivity contribution in [1.29, 1.82) is 0 Å². The zero-order valence-electron chi connectivity index (χ0n) is 20.8. The molecular formula is C25H29ClF7N3O. The predicted octanol–water partition coefficient (Wildman–Crippen LogP) is 6.91. The van der Waals surface area contributed by atoms with Crippen LogP contribution in [0.1, 0.15) is 46.7 Å². The standard InChI is InChI=1S/C25H28F7N3O.ClH/c1-15-9-19(26)5-6-21(15)22-13-20(33(2)3)7-8-35(22)23(36)34(4)14-16-10-17(24(27,28)29)12-18(11-16)25(30,31)32;/h5-6,9-12,20,22H,7-8,13-14H2,1-4H3;1H/t20-,22-;/m1./s1. The van der Waals surface area contributed by atoms with Crippen molar-refractivity contribution in [2.45, 2.75) is 50.7 Å². The van der Waals surface area contributed by atoms with Crippen molar-refractivity contribution >= 4 is 18.4 Å². The Morgan fingerprint density at radius 1 is 0.973 bits per heavy atom. The van der Waals surface area contributed by atoms with Crippen LogP contribution in [0.2, 0.25) is 0 Å². The SMILES string of the molecule is Cc1cc(F)ccc1[C@H]1C[C@H](N(C)C)CCN1C(=O)N(C)Cc1cc(C(F)(F)F)cc(C(F)(F)F)c1.Cl. The molecule has 1 saturated heterocycles. The lowest BCUT2D eigenvalue weighted by molar-refractivity contribution is -0.143. The van der Waals surface area contributed by atoms with E-state index >= 15 is 0 Å². The number of carbonyl (C=O) groups excluding carboxylic acids is 1. The first kappa shape index (κ1) is 30.7. The lowest BCUT2D eigenvalue weighted by Gasteiger charge is -2.43. The molecule has 0 aliphatic carbocycles. The van der Waals surface area contributed by atoms with Gasteiger partial charge in [0, 0.05) is 26.2 Å². The van der Waals surface area contributed by atoms with Gasteiger partial charge in [0.05, 0.1) is 17.2 Å². The van der Waals surface area contributed by atoms with Crippen LogP contribution in [-0.2, 0) is 18.9 Å². The van der Waals surface area contributed by atoms with Crippen molar-refractivity contribution in [3.63, 3.8) is 0 Å². The number of piperidine rings is 1. The molecule has 0 N–H and O–H groups in total. The highest BCUT2D eigenvalue weighted by Gasteiger charge is 2.38. The number of likely N-dealkylation sites (tertiary alicyclic amines) is 1. The molecule has 2 atom stereocenters. The van der Waals surface area contributed by atoms with Crippen LogP contribution in [0, 0.1) is 12.7 Å². The van der Waals surface area contributed by atoms with Crippen molar-refractivity contribution in [1.82, 2.24) is 14.7 Å². The van der Waals surface area contributed by atoms with Gasteiger partial charge < -0.3 is 14.7 Å². The van der Waals surface area contributed by atoms with Crippen LogP contribution in [0.15, 0.2) is 36.4 Å². The normalized spacial score (nSPS) is 18.5. The molecule has 37 heavy (non-hydrogen) atoms. The van der Waals surface area contributed by atoms with Gasteiger partial charge in [-0.25, -0.2) is 9.18 Å². The molecule has 12 heteroatoms. The van der Waals surface area contributed by atoms with E-state index < -0.39 is 47.9 Å². The van der Waals surface area contributed by atoms with E-state index in [0.717, 1.165) is 10.5 Å². The van der Waals surface area contributed by atoms with Gasteiger partial charge in [0.1, 0.15) is 5.82 Å². The Balaban J connectivity index is 0.00000481. The number of amides is 2. The Morgan fingerprint density at radius 2 is 1.54 bits per heavy atom. The van der Waals surface area contributed by atoms with E-state index in [1.165, 1.54) is 19.2 Å². The molecule has 0 spiro atoms. The molecule has 0 radical (unpaired) electrons. The first-order valence-corrected chi connectivity index (χ1v) is 11.3. The van der Waals surface area contributed by atoms with Crippen molar-refractivity contribution in [3.05, 3.63) is 70.0 Å². The summed E-state index contributed by atoms with van der Waals surface area (Å²) in [7, 11) is 5.16. The summed E-state index contributed by atoms with van der Waals surface area (Å²) in [6, 6.07) is 4.74. The maximum Gasteiger partial charge on any atom is 0.416 e. The van der Waals surface area contributed by atoms with E-state index in [-0.39, 0.29) is 30.1 Å². The van der Waals surface area contributed by atoms with E-state index in [2.05, 4.69) is 0 Å². The highest BCUT2D eigenvalue weighted by Crippen LogP contribution is 2.38. The van der Waals surface area contributed by atoms with Crippen LogP contribution in [0.4, 0.5) is 35.5 Å². The molecule has 1 fully saturated rings. The quantitative estimate of drug-likeness (QED) is 0.383. The van der Waals surface area contributed by atoms with Gasteiger partial charge in [-0.3, -0.25) is 0 Å². The smallest absolute Gasteiger partial charge is 0.323 e. The molecule has 2 amide bonds. The zero-order chi connectivity index (χ0) is 27.0. The molecule has 0 aromatic heterocycles. The fourth-order valence-electron chi connectivity index (χ4n) is 4.62. The highest BCUT2D eigenvalue weighted by molar-refractivity contribution is 5.85. The van der Waals surface area contributed by atoms with E-state index in [4.69, 9.17) is 0 Å². The summed E-state index contributed by atoms with van der Waals surface area (Å²) < 4.78 is 93.2. The Bertz CT molecular complexity index is 1070. The number of nitrogens with zero attached hydrogens (tertiary/aromatic N) is 3. The molecule has 1 aliphatic heterocycles. The van der Waals surface area contributed by atoms with Crippen LogP contribution in [0.25, 0.3) is 0 Å². The van der Waals surface area contributed by atoms with Crippen LogP contribution in [0.3, 0.4) is 0 Å². The van der Waals surface area contributed by atoms with Crippen molar-refractivity contribution in [2.75, 3.05) is 27.7 Å². The Morgan fingerprint density at radius 3 is 2.03 bits per heavy atom. The van der Waals surface area contributed by atoms with Crippen molar-refractivity contribution in [3.8, 4) is 0 Å². The molecule has 3 rings (SSSR count). The summed E-state index contributed by atoms with van der Waals surface area (Å²) in [6.45, 7) is 1.60. The van der Waals surface area contributed by atoms with Gasteiger partial charge in [-0.2, -0.15) is 26.3 Å². The number of hydrogen-bond acceptors (Lipinski definition) is 2. The molecule has 0 saturated carbocycles. The molecule has 206 valence electrons. The molecular weight excluding hydrogens is 527 g/mol. The first-order chi connectivity index (χ1) is 16.6. The predicted molar refractivity (Wildman–Crippen MR) is 128 cm³/mol. The first-order valence-electron chi connectivity index (χ1n) is 11.3. The second-order valence-corrected chi connectivity index (χ2v) is 9.40. The molecule has 4 nitrogen and oxygen atoms in total. The topological polar surface area (TPSA) is 26.8 Å². The third-order valence-corrected chi connectivity index (χ3v) is 6.54. The molecule has 1 aliphatic rings. The van der Waals surface area contributed by atoms with Gasteiger partial charge in [-0.1, -0.05) is 6.07 Å². The van der Waals surface area contributed by atoms with Crippen molar-refractivity contribution in [2.24, 2.45) is 0 Å². The van der Waals surface area contributed by atoms with E-state index in [1.54, 1.807) is 17.9 Å². The number of urea groups is 1. The van der Waals surface area contributed by atoms with Gasteiger partial charge in [0.2, 0.25) is 0 Å². The van der Waals surface area contributed by atoms with Gasteiger partial charge in [-0.15, -0.1) is 12.4 Å². The van der Waals surface area contributed by atoms with Crippen LogP contribution < -0.4 is 0 Å².